The summed E-state index contributed by atoms with van der Waals surface area (Å²) in [4.78, 5) is 16.3. The minimum Gasteiger partial charge on any atom is -0.493 e. The van der Waals surface area contributed by atoms with Crippen LogP contribution in [0.5, 0.6) is 5.75 Å². The van der Waals surface area contributed by atoms with Gasteiger partial charge in [-0.25, -0.2) is 4.98 Å². The van der Waals surface area contributed by atoms with Crippen LogP contribution in [0.15, 0.2) is 30.7 Å². The molecule has 1 N–H and O–H groups in total. The third-order valence-electron chi connectivity index (χ3n) is 3.84. The summed E-state index contributed by atoms with van der Waals surface area (Å²) in [6.07, 6.45) is 5.47. The number of aryl methyl sites for hydroxylation is 1. The van der Waals surface area contributed by atoms with E-state index in [4.69, 9.17) is 16.3 Å². The number of nitrogens with one attached hydrogen (secondary N) is 1. The predicted molar refractivity (Wildman–Crippen MR) is 84.0 cm³/mol. The van der Waals surface area contributed by atoms with Crippen molar-refractivity contribution in [3.05, 3.63) is 47.0 Å². The van der Waals surface area contributed by atoms with Crippen LogP contribution in [0.2, 0.25) is 5.02 Å². The minimum atomic E-state index is -0.0458. The van der Waals surface area contributed by atoms with Crippen LogP contribution >= 0.6 is 11.6 Å². The van der Waals surface area contributed by atoms with Crippen molar-refractivity contribution in [3.63, 3.8) is 0 Å². The van der Waals surface area contributed by atoms with E-state index in [0.29, 0.717) is 18.1 Å². The zero-order valence-corrected chi connectivity index (χ0v) is 13.1. The van der Waals surface area contributed by atoms with Crippen LogP contribution in [0.3, 0.4) is 0 Å². The fourth-order valence-electron chi connectivity index (χ4n) is 2.66. The molecule has 5 nitrogen and oxygen atoms in total. The number of aromatic nitrogens is 2. The van der Waals surface area contributed by atoms with Crippen LogP contribution in [0.1, 0.15) is 30.1 Å². The van der Waals surface area contributed by atoms with Gasteiger partial charge in [0.25, 0.3) is 0 Å². The number of hydrogen-bond donors (Lipinski definition) is 1. The van der Waals surface area contributed by atoms with Gasteiger partial charge in [0.2, 0.25) is 5.91 Å². The van der Waals surface area contributed by atoms with Gasteiger partial charge in [0, 0.05) is 29.5 Å². The van der Waals surface area contributed by atoms with Gasteiger partial charge in [-0.05, 0) is 25.0 Å². The number of hydrogen-bond acceptors (Lipinski definition) is 3. The molecule has 0 bridgehead atoms. The zero-order valence-electron chi connectivity index (χ0n) is 12.4. The number of halogens is 1. The monoisotopic (exact) mass is 319 g/mol. The molecule has 1 amide bonds. The van der Waals surface area contributed by atoms with Gasteiger partial charge in [0.15, 0.2) is 0 Å². The van der Waals surface area contributed by atoms with Gasteiger partial charge in [0.05, 0.1) is 25.4 Å². The lowest BCUT2D eigenvalue weighted by Crippen LogP contribution is -2.30. The summed E-state index contributed by atoms with van der Waals surface area (Å²) < 4.78 is 7.57. The number of ether oxygens (including phenoxy) is 1. The van der Waals surface area contributed by atoms with Crippen molar-refractivity contribution in [2.45, 2.75) is 25.3 Å². The SMILES string of the molecule is Cn1cncc1CC(=O)NC1CCCOc2cc(Cl)ccc21. The van der Waals surface area contributed by atoms with E-state index in [9.17, 15) is 4.79 Å². The van der Waals surface area contributed by atoms with Crippen LogP contribution in [0, 0.1) is 0 Å². The van der Waals surface area contributed by atoms with Gasteiger partial charge in [0.1, 0.15) is 5.75 Å². The van der Waals surface area contributed by atoms with Crippen LogP contribution in [0.25, 0.3) is 0 Å². The number of rotatable bonds is 3. The summed E-state index contributed by atoms with van der Waals surface area (Å²) in [7, 11) is 1.88. The third-order valence-corrected chi connectivity index (χ3v) is 4.07. The molecule has 1 aliphatic rings. The topological polar surface area (TPSA) is 56.2 Å². The van der Waals surface area contributed by atoms with Crippen molar-refractivity contribution in [1.82, 2.24) is 14.9 Å². The van der Waals surface area contributed by atoms with Crippen molar-refractivity contribution >= 4 is 17.5 Å². The molecule has 2 aromatic rings. The molecule has 0 saturated carbocycles. The highest BCUT2D eigenvalue weighted by atomic mass is 35.5. The summed E-state index contributed by atoms with van der Waals surface area (Å²) in [5.41, 5.74) is 1.87. The van der Waals surface area contributed by atoms with Crippen LogP contribution < -0.4 is 10.1 Å². The Balaban J connectivity index is 1.75. The number of carbonyl (C=O) groups excluding carboxylic acids is 1. The highest BCUT2D eigenvalue weighted by Gasteiger charge is 2.22. The zero-order chi connectivity index (χ0) is 15.5. The highest BCUT2D eigenvalue weighted by Crippen LogP contribution is 2.33. The van der Waals surface area contributed by atoms with Crippen molar-refractivity contribution in [1.29, 1.82) is 0 Å². The Kier molecular flexibility index (Phi) is 4.34. The maximum atomic E-state index is 12.3. The van der Waals surface area contributed by atoms with E-state index in [-0.39, 0.29) is 11.9 Å². The summed E-state index contributed by atoms with van der Waals surface area (Å²) in [6, 6.07) is 5.52. The Bertz CT molecular complexity index is 684. The number of benzene rings is 1. The van der Waals surface area contributed by atoms with Crippen molar-refractivity contribution in [2.24, 2.45) is 7.05 Å². The largest absolute Gasteiger partial charge is 0.493 e. The minimum absolute atomic E-state index is 0.0172. The number of imidazole rings is 1. The van der Waals surface area contributed by atoms with E-state index in [1.807, 2.05) is 29.8 Å². The molecule has 116 valence electrons. The molecule has 0 saturated heterocycles. The smallest absolute Gasteiger partial charge is 0.226 e. The molecule has 1 aromatic carbocycles. The number of amides is 1. The number of carbonyl (C=O) groups is 1. The molecule has 0 aliphatic carbocycles. The molecule has 1 unspecified atom stereocenters. The second kappa shape index (κ2) is 6.40. The molecule has 0 fully saturated rings. The first-order chi connectivity index (χ1) is 10.6. The van der Waals surface area contributed by atoms with E-state index in [2.05, 4.69) is 10.3 Å². The summed E-state index contributed by atoms with van der Waals surface area (Å²) in [5, 5.41) is 3.74. The lowest BCUT2D eigenvalue weighted by molar-refractivity contribution is -0.121. The van der Waals surface area contributed by atoms with Gasteiger partial charge in [-0.15, -0.1) is 0 Å². The first-order valence-electron chi connectivity index (χ1n) is 7.30. The second-order valence-electron chi connectivity index (χ2n) is 5.47. The number of nitrogens with zero attached hydrogens (tertiary/aromatic N) is 2. The summed E-state index contributed by atoms with van der Waals surface area (Å²) >= 11 is 6.02. The Morgan fingerprint density at radius 1 is 1.55 bits per heavy atom. The van der Waals surface area contributed by atoms with Gasteiger partial charge < -0.3 is 14.6 Å². The van der Waals surface area contributed by atoms with Gasteiger partial charge >= 0.3 is 0 Å². The van der Waals surface area contributed by atoms with Crippen molar-refractivity contribution < 1.29 is 9.53 Å². The molecule has 0 spiro atoms. The average molecular weight is 320 g/mol. The molecular formula is C16H18ClN3O2. The standard InChI is InChI=1S/C16H18ClN3O2/c1-20-10-18-9-12(20)8-16(21)19-14-3-2-6-22-15-7-11(17)4-5-13(14)15/h4-5,7,9-10,14H,2-3,6,8H2,1H3,(H,19,21). The molecule has 2 heterocycles. The molecular weight excluding hydrogens is 302 g/mol. The fourth-order valence-corrected chi connectivity index (χ4v) is 2.82. The Morgan fingerprint density at radius 2 is 2.41 bits per heavy atom. The highest BCUT2D eigenvalue weighted by molar-refractivity contribution is 6.30. The molecule has 1 atom stereocenters. The average Bonchev–Trinajstić information content (AvgIpc) is 2.77. The molecule has 1 aromatic heterocycles. The van der Waals surface area contributed by atoms with Crippen LogP contribution in [-0.2, 0) is 18.3 Å². The maximum absolute atomic E-state index is 12.3. The normalized spacial score (nSPS) is 17.3. The van der Waals surface area contributed by atoms with Gasteiger partial charge in [-0.3, -0.25) is 4.79 Å². The van der Waals surface area contributed by atoms with E-state index in [1.54, 1.807) is 12.5 Å². The molecule has 3 rings (SSSR count). The number of fused-ring (bicyclic) bond motifs is 1. The lowest BCUT2D eigenvalue weighted by atomic mass is 10.0. The Labute approximate surface area is 134 Å². The maximum Gasteiger partial charge on any atom is 0.226 e. The summed E-state index contributed by atoms with van der Waals surface area (Å²) in [5.74, 6) is 0.743. The fraction of sp³-hybridized carbons (Fsp3) is 0.375. The third kappa shape index (κ3) is 3.25. The van der Waals surface area contributed by atoms with Crippen molar-refractivity contribution in [2.75, 3.05) is 6.61 Å². The molecule has 6 heteroatoms. The van der Waals surface area contributed by atoms with Gasteiger partial charge in [-0.1, -0.05) is 17.7 Å². The first kappa shape index (κ1) is 14.9. The second-order valence-corrected chi connectivity index (χ2v) is 5.90. The summed E-state index contributed by atoms with van der Waals surface area (Å²) in [6.45, 7) is 0.640. The lowest BCUT2D eigenvalue weighted by Gasteiger charge is -2.18. The van der Waals surface area contributed by atoms with E-state index in [1.165, 1.54) is 0 Å². The quantitative estimate of drug-likeness (QED) is 0.946. The van der Waals surface area contributed by atoms with E-state index in [0.717, 1.165) is 29.8 Å². The predicted octanol–water partition coefficient (Wildman–Crippen LogP) is 2.65. The first-order valence-corrected chi connectivity index (χ1v) is 7.68. The van der Waals surface area contributed by atoms with Crippen LogP contribution in [-0.4, -0.2) is 22.1 Å². The molecule has 22 heavy (non-hydrogen) atoms. The molecule has 1 aliphatic heterocycles. The van der Waals surface area contributed by atoms with Crippen LogP contribution in [0.4, 0.5) is 0 Å². The van der Waals surface area contributed by atoms with E-state index >= 15 is 0 Å². The van der Waals surface area contributed by atoms with Crippen molar-refractivity contribution in [3.8, 4) is 5.75 Å². The molecule has 0 radical (unpaired) electrons. The Morgan fingerprint density at radius 3 is 3.18 bits per heavy atom. The van der Waals surface area contributed by atoms with Gasteiger partial charge in [-0.2, -0.15) is 0 Å². The Hall–Kier alpha value is -2.01. The van der Waals surface area contributed by atoms with E-state index < -0.39 is 0 Å².